The van der Waals surface area contributed by atoms with E-state index in [9.17, 15) is 14.9 Å². The van der Waals surface area contributed by atoms with E-state index in [1.54, 1.807) is 4.90 Å². The van der Waals surface area contributed by atoms with Gasteiger partial charge in [0.05, 0.1) is 6.42 Å². The maximum Gasteiger partial charge on any atom is 0.352 e. The van der Waals surface area contributed by atoms with Gasteiger partial charge in [-0.05, 0) is 12.8 Å². The molecule has 1 atom stereocenters. The smallest absolute Gasteiger partial charge is 0.332 e. The van der Waals surface area contributed by atoms with Gasteiger partial charge in [-0.2, -0.15) is 0 Å². The fraction of sp³-hybridized carbons (Fsp3) is 0.900. The molecule has 90 valence electrons. The first-order valence-electron chi connectivity index (χ1n) is 5.70. The summed E-state index contributed by atoms with van der Waals surface area (Å²) in [6.07, 6.45) is 5.73. The number of halogens is 1. The van der Waals surface area contributed by atoms with Crippen molar-refractivity contribution >= 4 is 21.8 Å². The van der Waals surface area contributed by atoms with E-state index in [1.807, 2.05) is 0 Å². The van der Waals surface area contributed by atoms with Crippen LogP contribution in [0.15, 0.2) is 0 Å². The third kappa shape index (κ3) is 1.83. The van der Waals surface area contributed by atoms with Crippen LogP contribution >= 0.6 is 15.9 Å². The Hall–Kier alpha value is -0.650. The van der Waals surface area contributed by atoms with Crippen molar-refractivity contribution < 1.29 is 9.72 Å². The lowest BCUT2D eigenvalue weighted by Gasteiger charge is -2.30. The normalized spacial score (nSPS) is 32.1. The average Bonchev–Trinajstić information content (AvgIpc) is 2.59. The average molecular weight is 291 g/mol. The first kappa shape index (κ1) is 11.8. The Morgan fingerprint density at radius 2 is 2.00 bits per heavy atom. The van der Waals surface area contributed by atoms with Gasteiger partial charge in [-0.1, -0.05) is 19.3 Å². The third-order valence-electron chi connectivity index (χ3n) is 3.58. The zero-order valence-electron chi connectivity index (χ0n) is 9.02. The Bertz CT molecular complexity index is 317. The van der Waals surface area contributed by atoms with E-state index >= 15 is 0 Å². The van der Waals surface area contributed by atoms with Crippen molar-refractivity contribution in [3.8, 4) is 0 Å². The van der Waals surface area contributed by atoms with E-state index in [0.29, 0.717) is 6.54 Å². The summed E-state index contributed by atoms with van der Waals surface area (Å²) in [5, 5.41) is 10.9. The molecule has 2 fully saturated rings. The fourth-order valence-corrected chi connectivity index (χ4v) is 3.01. The van der Waals surface area contributed by atoms with Crippen molar-refractivity contribution in [2.45, 2.75) is 49.0 Å². The maximum atomic E-state index is 12.0. The fourth-order valence-electron chi connectivity index (χ4n) is 2.61. The summed E-state index contributed by atoms with van der Waals surface area (Å²) in [6.45, 7) is 0.510. The van der Waals surface area contributed by atoms with Crippen LogP contribution in [0.2, 0.25) is 0 Å². The van der Waals surface area contributed by atoms with Gasteiger partial charge in [-0.25, -0.2) is 0 Å². The Labute approximate surface area is 102 Å². The third-order valence-corrected chi connectivity index (χ3v) is 4.60. The lowest BCUT2D eigenvalue weighted by molar-refractivity contribution is -0.518. The number of amides is 1. The van der Waals surface area contributed by atoms with E-state index in [2.05, 4.69) is 15.9 Å². The van der Waals surface area contributed by atoms with Crippen molar-refractivity contribution in [1.29, 1.82) is 0 Å². The molecule has 1 saturated carbocycles. The van der Waals surface area contributed by atoms with Crippen LogP contribution in [-0.2, 0) is 4.79 Å². The second kappa shape index (κ2) is 4.31. The highest BCUT2D eigenvalue weighted by Gasteiger charge is 2.56. The number of nitro groups is 1. The number of hydrogen-bond acceptors (Lipinski definition) is 3. The highest BCUT2D eigenvalue weighted by atomic mass is 79.9. The molecule has 2 aliphatic rings. The topological polar surface area (TPSA) is 63.5 Å². The molecule has 1 amide bonds. The number of rotatable bonds is 2. The van der Waals surface area contributed by atoms with Crippen LogP contribution in [0.5, 0.6) is 0 Å². The lowest BCUT2D eigenvalue weighted by atomic mass is 9.94. The van der Waals surface area contributed by atoms with E-state index in [4.69, 9.17) is 0 Å². The first-order valence-corrected chi connectivity index (χ1v) is 6.49. The molecular formula is C10H15BrN2O3. The van der Waals surface area contributed by atoms with Crippen LogP contribution in [0.3, 0.4) is 0 Å². The molecule has 0 N–H and O–H groups in total. The van der Waals surface area contributed by atoms with Gasteiger partial charge in [0.1, 0.15) is 0 Å². The largest absolute Gasteiger partial charge is 0.352 e. The van der Waals surface area contributed by atoms with Gasteiger partial charge in [-0.3, -0.25) is 14.9 Å². The van der Waals surface area contributed by atoms with Crippen molar-refractivity contribution in [2.75, 3.05) is 6.54 Å². The minimum absolute atomic E-state index is 0.223. The molecule has 2 rings (SSSR count). The predicted octanol–water partition coefficient (Wildman–Crippen LogP) is 1.92. The summed E-state index contributed by atoms with van der Waals surface area (Å²) < 4.78 is -1.55. The first-order chi connectivity index (χ1) is 7.55. The molecule has 0 aromatic rings. The van der Waals surface area contributed by atoms with E-state index in [0.717, 1.165) is 25.7 Å². The summed E-state index contributed by atoms with van der Waals surface area (Å²) >= 11 is 2.99. The number of carbonyl (C=O) groups excluding carboxylic acids is 1. The summed E-state index contributed by atoms with van der Waals surface area (Å²) in [4.78, 5) is 24.1. The Kier molecular flexibility index (Phi) is 3.19. The second-order valence-corrected chi connectivity index (χ2v) is 5.87. The monoisotopic (exact) mass is 290 g/mol. The predicted molar refractivity (Wildman–Crippen MR) is 61.9 cm³/mol. The number of hydrogen-bond donors (Lipinski definition) is 0. The quantitative estimate of drug-likeness (QED) is 0.338. The molecule has 0 aromatic carbocycles. The maximum absolute atomic E-state index is 12.0. The van der Waals surface area contributed by atoms with E-state index in [1.165, 1.54) is 6.42 Å². The number of likely N-dealkylation sites (tertiary alicyclic amines) is 1. The SMILES string of the molecule is O=C1N(C2CCCCC2)CCC1(Br)[N+](=O)[O-]. The van der Waals surface area contributed by atoms with Crippen LogP contribution in [0.4, 0.5) is 0 Å². The molecule has 16 heavy (non-hydrogen) atoms. The molecule has 6 heteroatoms. The van der Waals surface area contributed by atoms with Gasteiger partial charge in [0, 0.05) is 33.4 Å². The molecule has 5 nitrogen and oxygen atoms in total. The van der Waals surface area contributed by atoms with Crippen molar-refractivity contribution in [1.82, 2.24) is 4.90 Å². The van der Waals surface area contributed by atoms with Crippen molar-refractivity contribution in [2.24, 2.45) is 0 Å². The molecule has 0 radical (unpaired) electrons. The molecule has 1 unspecified atom stereocenters. The van der Waals surface area contributed by atoms with Crippen LogP contribution in [0, 0.1) is 10.1 Å². The van der Waals surface area contributed by atoms with Crippen molar-refractivity contribution in [3.63, 3.8) is 0 Å². The van der Waals surface area contributed by atoms with Gasteiger partial charge in [0.25, 0.3) is 0 Å². The van der Waals surface area contributed by atoms with Gasteiger partial charge in [0.2, 0.25) is 0 Å². The van der Waals surface area contributed by atoms with Gasteiger partial charge in [0.15, 0.2) is 0 Å². The molecule has 1 heterocycles. The van der Waals surface area contributed by atoms with Crippen LogP contribution in [0.25, 0.3) is 0 Å². The summed E-state index contributed by atoms with van der Waals surface area (Å²) in [5.41, 5.74) is 0. The molecule has 0 spiro atoms. The van der Waals surface area contributed by atoms with Crippen LogP contribution < -0.4 is 0 Å². The van der Waals surface area contributed by atoms with Crippen LogP contribution in [0.1, 0.15) is 38.5 Å². The molecule has 1 aliphatic heterocycles. The molecule has 1 saturated heterocycles. The molecule has 1 aliphatic carbocycles. The number of alkyl halides is 1. The summed E-state index contributed by atoms with van der Waals surface area (Å²) in [7, 11) is 0. The number of nitrogens with zero attached hydrogens (tertiary/aromatic N) is 2. The minimum atomic E-state index is -1.55. The zero-order valence-corrected chi connectivity index (χ0v) is 10.6. The summed E-state index contributed by atoms with van der Waals surface area (Å²) in [5.74, 6) is -0.357. The highest BCUT2D eigenvalue weighted by molar-refractivity contribution is 9.10. The Morgan fingerprint density at radius 1 is 1.38 bits per heavy atom. The van der Waals surface area contributed by atoms with Crippen molar-refractivity contribution in [3.05, 3.63) is 10.1 Å². The lowest BCUT2D eigenvalue weighted by Crippen LogP contribution is -2.45. The highest BCUT2D eigenvalue weighted by Crippen LogP contribution is 2.36. The zero-order chi connectivity index (χ0) is 11.8. The van der Waals surface area contributed by atoms with E-state index in [-0.39, 0.29) is 18.4 Å². The Morgan fingerprint density at radius 3 is 2.50 bits per heavy atom. The van der Waals surface area contributed by atoms with E-state index < -0.39 is 9.37 Å². The second-order valence-electron chi connectivity index (χ2n) is 4.56. The molecular weight excluding hydrogens is 276 g/mol. The summed E-state index contributed by atoms with van der Waals surface area (Å²) in [6, 6.07) is 0.223. The standard InChI is InChI=1S/C10H15BrN2O3/c11-10(13(15)16)6-7-12(9(10)14)8-4-2-1-3-5-8/h8H,1-7H2. The number of carbonyl (C=O) groups is 1. The molecule has 0 aromatic heterocycles. The minimum Gasteiger partial charge on any atom is -0.332 e. The van der Waals surface area contributed by atoms with Gasteiger partial charge in [-0.15, -0.1) is 0 Å². The van der Waals surface area contributed by atoms with Crippen LogP contribution in [-0.4, -0.2) is 32.8 Å². The Balaban J connectivity index is 2.09. The van der Waals surface area contributed by atoms with Gasteiger partial charge < -0.3 is 4.90 Å². The van der Waals surface area contributed by atoms with Gasteiger partial charge >= 0.3 is 10.4 Å². The molecule has 0 bridgehead atoms.